The standard InChI is InChI=1S/C9H7FN2O/c10-7-3-1-2-6(4-7)9-8(13)5-11-12-9/h1-5,13H,(H,11,12). The highest BCUT2D eigenvalue weighted by Crippen LogP contribution is 2.25. The number of nitrogens with one attached hydrogen (secondary N) is 1. The minimum absolute atomic E-state index is 0.0191. The van der Waals surface area contributed by atoms with Crippen LogP contribution < -0.4 is 0 Å². The van der Waals surface area contributed by atoms with E-state index in [9.17, 15) is 9.50 Å². The van der Waals surface area contributed by atoms with Crippen LogP contribution in [-0.2, 0) is 0 Å². The number of aromatic amines is 1. The van der Waals surface area contributed by atoms with Gasteiger partial charge in [0.2, 0.25) is 0 Å². The second-order valence-electron chi connectivity index (χ2n) is 2.64. The highest BCUT2D eigenvalue weighted by atomic mass is 19.1. The predicted molar refractivity (Wildman–Crippen MR) is 45.6 cm³/mol. The Kier molecular flexibility index (Phi) is 1.73. The second-order valence-corrected chi connectivity index (χ2v) is 2.64. The number of rotatable bonds is 1. The Balaban J connectivity index is 2.53. The highest BCUT2D eigenvalue weighted by molar-refractivity contribution is 5.64. The zero-order valence-corrected chi connectivity index (χ0v) is 6.66. The van der Waals surface area contributed by atoms with E-state index in [0.29, 0.717) is 11.3 Å². The lowest BCUT2D eigenvalue weighted by Gasteiger charge is -1.97. The normalized spacial score (nSPS) is 10.2. The lowest BCUT2D eigenvalue weighted by atomic mass is 10.1. The number of H-pyrrole nitrogens is 1. The first-order valence-electron chi connectivity index (χ1n) is 3.75. The van der Waals surface area contributed by atoms with Gasteiger partial charge in [-0.1, -0.05) is 12.1 Å². The van der Waals surface area contributed by atoms with Crippen molar-refractivity contribution in [2.75, 3.05) is 0 Å². The molecule has 2 N–H and O–H groups in total. The van der Waals surface area contributed by atoms with Crippen molar-refractivity contribution in [3.63, 3.8) is 0 Å². The molecule has 0 spiro atoms. The summed E-state index contributed by atoms with van der Waals surface area (Å²) >= 11 is 0. The molecule has 0 saturated carbocycles. The zero-order chi connectivity index (χ0) is 9.26. The summed E-state index contributed by atoms with van der Waals surface area (Å²) in [7, 11) is 0. The molecule has 0 aliphatic carbocycles. The van der Waals surface area contributed by atoms with Gasteiger partial charge in [-0.2, -0.15) is 5.10 Å². The van der Waals surface area contributed by atoms with Gasteiger partial charge < -0.3 is 5.11 Å². The summed E-state index contributed by atoms with van der Waals surface area (Å²) in [6.07, 6.45) is 1.28. The maximum Gasteiger partial charge on any atom is 0.161 e. The van der Waals surface area contributed by atoms with E-state index in [1.54, 1.807) is 12.1 Å². The summed E-state index contributed by atoms with van der Waals surface area (Å²) in [6, 6.07) is 5.94. The van der Waals surface area contributed by atoms with E-state index >= 15 is 0 Å². The van der Waals surface area contributed by atoms with Crippen LogP contribution in [0.2, 0.25) is 0 Å². The van der Waals surface area contributed by atoms with Crippen molar-refractivity contribution in [3.05, 3.63) is 36.3 Å². The molecule has 13 heavy (non-hydrogen) atoms. The third-order valence-electron chi connectivity index (χ3n) is 1.73. The van der Waals surface area contributed by atoms with Gasteiger partial charge in [-0.3, -0.25) is 5.10 Å². The maximum absolute atomic E-state index is 12.8. The number of halogens is 1. The monoisotopic (exact) mass is 178 g/mol. The average Bonchev–Trinajstić information content (AvgIpc) is 2.51. The van der Waals surface area contributed by atoms with Crippen molar-refractivity contribution < 1.29 is 9.50 Å². The van der Waals surface area contributed by atoms with Gasteiger partial charge in [0.15, 0.2) is 5.75 Å². The molecule has 0 aliphatic heterocycles. The average molecular weight is 178 g/mol. The van der Waals surface area contributed by atoms with Crippen molar-refractivity contribution in [2.24, 2.45) is 0 Å². The number of hydrogen-bond acceptors (Lipinski definition) is 2. The van der Waals surface area contributed by atoms with Gasteiger partial charge in [0.25, 0.3) is 0 Å². The van der Waals surface area contributed by atoms with Crippen molar-refractivity contribution >= 4 is 0 Å². The summed E-state index contributed by atoms with van der Waals surface area (Å²) in [5.41, 5.74) is 1.01. The topological polar surface area (TPSA) is 48.9 Å². The molecule has 4 heteroatoms. The van der Waals surface area contributed by atoms with Crippen LogP contribution in [0.25, 0.3) is 11.3 Å². The molecule has 1 aromatic heterocycles. The van der Waals surface area contributed by atoms with Crippen LogP contribution in [-0.4, -0.2) is 15.3 Å². The number of aromatic nitrogens is 2. The molecule has 0 atom stereocenters. The van der Waals surface area contributed by atoms with Crippen LogP contribution in [0, 0.1) is 5.82 Å². The number of hydrogen-bond donors (Lipinski definition) is 2. The summed E-state index contributed by atoms with van der Waals surface area (Å²) in [4.78, 5) is 0. The van der Waals surface area contributed by atoms with Gasteiger partial charge >= 0.3 is 0 Å². The fourth-order valence-corrected chi connectivity index (χ4v) is 1.14. The fourth-order valence-electron chi connectivity index (χ4n) is 1.14. The first kappa shape index (κ1) is 7.79. The molecule has 0 bridgehead atoms. The molecule has 66 valence electrons. The van der Waals surface area contributed by atoms with Crippen LogP contribution in [0.4, 0.5) is 4.39 Å². The Morgan fingerprint density at radius 1 is 1.38 bits per heavy atom. The van der Waals surface area contributed by atoms with Crippen molar-refractivity contribution in [3.8, 4) is 17.0 Å². The van der Waals surface area contributed by atoms with Gasteiger partial charge in [-0.25, -0.2) is 4.39 Å². The summed E-state index contributed by atoms with van der Waals surface area (Å²) in [5, 5.41) is 15.5. The van der Waals surface area contributed by atoms with E-state index in [1.807, 2.05) is 0 Å². The van der Waals surface area contributed by atoms with Gasteiger partial charge in [-0.05, 0) is 12.1 Å². The summed E-state index contributed by atoms with van der Waals surface area (Å²) < 4.78 is 12.8. The summed E-state index contributed by atoms with van der Waals surface area (Å²) in [6.45, 7) is 0. The van der Waals surface area contributed by atoms with Gasteiger partial charge in [-0.15, -0.1) is 0 Å². The number of aromatic hydroxyl groups is 1. The Morgan fingerprint density at radius 2 is 2.23 bits per heavy atom. The predicted octanol–water partition coefficient (Wildman–Crippen LogP) is 1.92. The quantitative estimate of drug-likeness (QED) is 0.700. The first-order chi connectivity index (χ1) is 6.27. The van der Waals surface area contributed by atoms with Crippen LogP contribution in [0.15, 0.2) is 30.5 Å². The molecular formula is C9H7FN2O. The molecule has 3 nitrogen and oxygen atoms in total. The van der Waals surface area contributed by atoms with Crippen molar-refractivity contribution in [1.29, 1.82) is 0 Å². The molecule has 0 unspecified atom stereocenters. The minimum atomic E-state index is -0.341. The third-order valence-corrected chi connectivity index (χ3v) is 1.73. The number of nitrogens with zero attached hydrogens (tertiary/aromatic N) is 1. The van der Waals surface area contributed by atoms with E-state index in [-0.39, 0.29) is 11.6 Å². The van der Waals surface area contributed by atoms with E-state index < -0.39 is 0 Å². The smallest absolute Gasteiger partial charge is 0.161 e. The van der Waals surface area contributed by atoms with Gasteiger partial charge in [0.05, 0.1) is 6.20 Å². The van der Waals surface area contributed by atoms with E-state index in [2.05, 4.69) is 10.2 Å². The molecule has 2 aromatic rings. The molecule has 0 fully saturated rings. The lowest BCUT2D eigenvalue weighted by Crippen LogP contribution is -1.80. The fraction of sp³-hybridized carbons (Fsp3) is 0. The third kappa shape index (κ3) is 1.38. The SMILES string of the molecule is Oc1cn[nH]c1-c1cccc(F)c1. The molecule has 0 amide bonds. The minimum Gasteiger partial charge on any atom is -0.504 e. The van der Waals surface area contributed by atoms with Gasteiger partial charge in [0, 0.05) is 5.56 Å². The van der Waals surface area contributed by atoms with Crippen LogP contribution in [0.5, 0.6) is 5.75 Å². The molecular weight excluding hydrogens is 171 g/mol. The molecule has 0 aliphatic rings. The molecule has 1 aromatic carbocycles. The van der Waals surface area contributed by atoms with Crippen LogP contribution in [0.1, 0.15) is 0 Å². The summed E-state index contributed by atoms with van der Waals surface area (Å²) in [5.74, 6) is -0.322. The Morgan fingerprint density at radius 3 is 2.85 bits per heavy atom. The van der Waals surface area contributed by atoms with Gasteiger partial charge in [0.1, 0.15) is 11.5 Å². The van der Waals surface area contributed by atoms with Crippen LogP contribution >= 0.6 is 0 Å². The molecule has 1 heterocycles. The Labute approximate surface area is 73.8 Å². The number of benzene rings is 1. The largest absolute Gasteiger partial charge is 0.504 e. The highest BCUT2D eigenvalue weighted by Gasteiger charge is 2.05. The first-order valence-corrected chi connectivity index (χ1v) is 3.75. The van der Waals surface area contributed by atoms with Crippen molar-refractivity contribution in [2.45, 2.75) is 0 Å². The molecule has 0 saturated heterocycles. The van der Waals surface area contributed by atoms with Crippen molar-refractivity contribution in [1.82, 2.24) is 10.2 Å². The van der Waals surface area contributed by atoms with E-state index in [0.717, 1.165) is 0 Å². The lowest BCUT2D eigenvalue weighted by molar-refractivity contribution is 0.477. The second kappa shape index (κ2) is 2.90. The Hall–Kier alpha value is -1.84. The maximum atomic E-state index is 12.8. The zero-order valence-electron chi connectivity index (χ0n) is 6.66. The Bertz CT molecular complexity index is 425. The molecule has 0 radical (unpaired) electrons. The van der Waals surface area contributed by atoms with Crippen LogP contribution in [0.3, 0.4) is 0 Å². The van der Waals surface area contributed by atoms with E-state index in [4.69, 9.17) is 0 Å². The van der Waals surface area contributed by atoms with E-state index in [1.165, 1.54) is 18.3 Å². The molecule has 2 rings (SSSR count).